The summed E-state index contributed by atoms with van der Waals surface area (Å²) < 4.78 is 15.5. The first-order valence-corrected chi connectivity index (χ1v) is 7.93. The zero-order valence-corrected chi connectivity index (χ0v) is 13.3. The van der Waals surface area contributed by atoms with Crippen LogP contribution < -0.4 is 10.2 Å². The number of carbonyl (C=O) groups excluding carboxylic acids is 1. The van der Waals surface area contributed by atoms with E-state index in [1.54, 1.807) is 10.9 Å². The van der Waals surface area contributed by atoms with E-state index < -0.39 is 0 Å². The van der Waals surface area contributed by atoms with Crippen LogP contribution in [0.4, 0.5) is 15.8 Å². The molecular formula is C17H21FN4O. The lowest BCUT2D eigenvalue weighted by molar-refractivity contribution is -0.116. The van der Waals surface area contributed by atoms with Crippen LogP contribution in [0.2, 0.25) is 0 Å². The maximum atomic E-state index is 13.8. The second kappa shape index (κ2) is 6.81. The summed E-state index contributed by atoms with van der Waals surface area (Å²) in [7, 11) is 1.84. The molecule has 2 heterocycles. The number of carbonyl (C=O) groups is 1. The molecule has 0 aliphatic carbocycles. The monoisotopic (exact) mass is 316 g/mol. The van der Waals surface area contributed by atoms with Crippen LogP contribution in [0, 0.1) is 5.82 Å². The Morgan fingerprint density at radius 1 is 1.30 bits per heavy atom. The van der Waals surface area contributed by atoms with Gasteiger partial charge in [-0.2, -0.15) is 5.10 Å². The Morgan fingerprint density at radius 3 is 2.78 bits per heavy atom. The van der Waals surface area contributed by atoms with Crippen LogP contribution in [0.15, 0.2) is 30.6 Å². The number of aromatic nitrogens is 2. The molecule has 1 amide bonds. The van der Waals surface area contributed by atoms with Gasteiger partial charge in [-0.1, -0.05) is 0 Å². The van der Waals surface area contributed by atoms with Crippen molar-refractivity contribution >= 4 is 17.3 Å². The van der Waals surface area contributed by atoms with Gasteiger partial charge >= 0.3 is 0 Å². The van der Waals surface area contributed by atoms with Crippen molar-refractivity contribution < 1.29 is 9.18 Å². The van der Waals surface area contributed by atoms with Crippen LogP contribution in [0.5, 0.6) is 0 Å². The molecule has 1 aliphatic heterocycles. The Hall–Kier alpha value is -2.37. The third-order valence-corrected chi connectivity index (χ3v) is 4.04. The third kappa shape index (κ3) is 4.09. The van der Waals surface area contributed by atoms with Crippen LogP contribution in [0.25, 0.3) is 0 Å². The van der Waals surface area contributed by atoms with Gasteiger partial charge in [0.15, 0.2) is 0 Å². The summed E-state index contributed by atoms with van der Waals surface area (Å²) in [6.45, 7) is 1.88. The number of amides is 1. The minimum Gasteiger partial charge on any atom is -0.371 e. The number of benzene rings is 1. The van der Waals surface area contributed by atoms with Crippen molar-refractivity contribution in [1.29, 1.82) is 0 Å². The minimum atomic E-state index is -0.322. The van der Waals surface area contributed by atoms with Crippen molar-refractivity contribution in [3.05, 3.63) is 42.0 Å². The van der Waals surface area contributed by atoms with Crippen LogP contribution >= 0.6 is 0 Å². The van der Waals surface area contributed by atoms with Gasteiger partial charge in [0.25, 0.3) is 0 Å². The number of halogens is 1. The van der Waals surface area contributed by atoms with Gasteiger partial charge < -0.3 is 10.2 Å². The van der Waals surface area contributed by atoms with Gasteiger partial charge in [-0.05, 0) is 43.0 Å². The highest BCUT2D eigenvalue weighted by Gasteiger charge is 2.14. The summed E-state index contributed by atoms with van der Waals surface area (Å²) in [6, 6.07) is 4.73. The van der Waals surface area contributed by atoms with Gasteiger partial charge in [0.05, 0.1) is 6.20 Å². The van der Waals surface area contributed by atoms with Crippen LogP contribution in [0.1, 0.15) is 24.8 Å². The molecular weight excluding hydrogens is 295 g/mol. The van der Waals surface area contributed by atoms with Gasteiger partial charge in [0.1, 0.15) is 5.82 Å². The number of hydrogen-bond acceptors (Lipinski definition) is 3. The van der Waals surface area contributed by atoms with Gasteiger partial charge in [-0.15, -0.1) is 0 Å². The highest BCUT2D eigenvalue weighted by atomic mass is 19.1. The highest BCUT2D eigenvalue weighted by Crippen LogP contribution is 2.25. The highest BCUT2D eigenvalue weighted by molar-refractivity contribution is 5.91. The Morgan fingerprint density at radius 2 is 2.09 bits per heavy atom. The number of rotatable bonds is 5. The summed E-state index contributed by atoms with van der Waals surface area (Å²) in [5.41, 5.74) is 2.37. The summed E-state index contributed by atoms with van der Waals surface area (Å²) >= 11 is 0. The van der Waals surface area contributed by atoms with Gasteiger partial charge in [-0.25, -0.2) is 4.39 Å². The molecule has 1 N–H and O–H groups in total. The zero-order valence-electron chi connectivity index (χ0n) is 13.3. The normalized spacial score (nSPS) is 14.3. The van der Waals surface area contributed by atoms with Gasteiger partial charge in [0.2, 0.25) is 5.91 Å². The molecule has 5 nitrogen and oxygen atoms in total. The molecule has 6 heteroatoms. The molecule has 0 saturated carbocycles. The maximum absolute atomic E-state index is 13.8. The predicted octanol–water partition coefficient (Wildman–Crippen LogP) is 2.73. The zero-order chi connectivity index (χ0) is 16.2. The smallest absolute Gasteiger partial charge is 0.224 e. The van der Waals surface area contributed by atoms with E-state index in [9.17, 15) is 9.18 Å². The van der Waals surface area contributed by atoms with Gasteiger partial charge in [0, 0.05) is 44.1 Å². The molecule has 122 valence electrons. The average molecular weight is 316 g/mol. The molecule has 0 atom stereocenters. The molecule has 3 rings (SSSR count). The third-order valence-electron chi connectivity index (χ3n) is 4.04. The molecule has 0 spiro atoms. The average Bonchev–Trinajstić information content (AvgIpc) is 3.16. The molecule has 1 saturated heterocycles. The lowest BCUT2D eigenvalue weighted by Crippen LogP contribution is -2.18. The van der Waals surface area contributed by atoms with Crippen LogP contribution in [-0.4, -0.2) is 28.8 Å². The van der Waals surface area contributed by atoms with E-state index >= 15 is 0 Å². The lowest BCUT2D eigenvalue weighted by Gasteiger charge is -2.18. The fraction of sp³-hybridized carbons (Fsp3) is 0.412. The number of aryl methyl sites for hydroxylation is 2. The van der Waals surface area contributed by atoms with E-state index in [0.29, 0.717) is 18.5 Å². The van der Waals surface area contributed by atoms with Crippen LogP contribution in [-0.2, 0) is 18.3 Å². The van der Waals surface area contributed by atoms with E-state index in [0.717, 1.165) is 37.2 Å². The van der Waals surface area contributed by atoms with Crippen molar-refractivity contribution in [2.45, 2.75) is 25.7 Å². The topological polar surface area (TPSA) is 50.2 Å². The van der Waals surface area contributed by atoms with Crippen molar-refractivity contribution in [2.24, 2.45) is 7.05 Å². The molecule has 0 bridgehead atoms. The fourth-order valence-corrected chi connectivity index (χ4v) is 2.89. The standard InChI is InChI=1S/C17H21FN4O/c1-21-12-13(11-19-21)4-5-17(23)20-15-8-14(18)9-16(10-15)22-6-2-3-7-22/h8-12H,2-7H2,1H3,(H,20,23). The molecule has 1 fully saturated rings. The second-order valence-corrected chi connectivity index (χ2v) is 5.96. The Labute approximate surface area is 135 Å². The molecule has 1 aliphatic rings. The first-order chi connectivity index (χ1) is 11.1. The van der Waals surface area contributed by atoms with Crippen molar-refractivity contribution in [2.75, 3.05) is 23.3 Å². The summed E-state index contributed by atoms with van der Waals surface area (Å²) in [4.78, 5) is 14.2. The molecule has 1 aromatic heterocycles. The Bertz CT molecular complexity index is 692. The molecule has 0 radical (unpaired) electrons. The fourth-order valence-electron chi connectivity index (χ4n) is 2.89. The SMILES string of the molecule is Cn1cc(CCC(=O)Nc2cc(F)cc(N3CCCC3)c2)cn1. The number of hydrogen-bond donors (Lipinski definition) is 1. The summed E-state index contributed by atoms with van der Waals surface area (Å²) in [5.74, 6) is -0.441. The van der Waals surface area contributed by atoms with E-state index in [2.05, 4.69) is 15.3 Å². The molecule has 23 heavy (non-hydrogen) atoms. The number of anilines is 2. The molecule has 1 aromatic carbocycles. The van der Waals surface area contributed by atoms with Crippen molar-refractivity contribution in [3.8, 4) is 0 Å². The second-order valence-electron chi connectivity index (χ2n) is 5.96. The lowest BCUT2D eigenvalue weighted by atomic mass is 10.2. The molecule has 2 aromatic rings. The van der Waals surface area contributed by atoms with E-state index in [-0.39, 0.29) is 11.7 Å². The Kier molecular flexibility index (Phi) is 4.60. The van der Waals surface area contributed by atoms with Crippen LogP contribution in [0.3, 0.4) is 0 Å². The number of nitrogens with one attached hydrogen (secondary N) is 1. The van der Waals surface area contributed by atoms with E-state index in [4.69, 9.17) is 0 Å². The van der Waals surface area contributed by atoms with E-state index in [1.165, 1.54) is 12.1 Å². The summed E-state index contributed by atoms with van der Waals surface area (Å²) in [6.07, 6.45) is 6.86. The Balaban J connectivity index is 1.61. The van der Waals surface area contributed by atoms with Crippen molar-refractivity contribution in [3.63, 3.8) is 0 Å². The van der Waals surface area contributed by atoms with Gasteiger partial charge in [-0.3, -0.25) is 9.48 Å². The first kappa shape index (κ1) is 15.5. The maximum Gasteiger partial charge on any atom is 0.224 e. The quantitative estimate of drug-likeness (QED) is 0.923. The van der Waals surface area contributed by atoms with E-state index in [1.807, 2.05) is 19.3 Å². The largest absolute Gasteiger partial charge is 0.371 e. The van der Waals surface area contributed by atoms with Crippen molar-refractivity contribution in [1.82, 2.24) is 9.78 Å². The first-order valence-electron chi connectivity index (χ1n) is 7.93. The summed E-state index contributed by atoms with van der Waals surface area (Å²) in [5, 5.41) is 6.87. The number of nitrogens with zero attached hydrogens (tertiary/aromatic N) is 3. The molecule has 0 unspecified atom stereocenters. The minimum absolute atomic E-state index is 0.119. The predicted molar refractivity (Wildman–Crippen MR) is 88.0 cm³/mol.